The first-order chi connectivity index (χ1) is 10.0. The van der Waals surface area contributed by atoms with Crippen LogP contribution in [0.4, 0.5) is 11.4 Å². The highest BCUT2D eigenvalue weighted by atomic mass is 16.5. The summed E-state index contributed by atoms with van der Waals surface area (Å²) in [5.74, 6) is -0.174. The minimum Gasteiger partial charge on any atom is -0.396 e. The monoisotopic (exact) mass is 292 g/mol. The Kier molecular flexibility index (Phi) is 4.59. The number of nitrogens with one attached hydrogen (secondary N) is 1. The number of methoxy groups -OCH3 is 1. The van der Waals surface area contributed by atoms with Crippen LogP contribution in [0, 0.1) is 13.8 Å². The second-order valence-electron chi connectivity index (χ2n) is 4.78. The number of rotatable bonds is 6. The first kappa shape index (κ1) is 15.0. The summed E-state index contributed by atoms with van der Waals surface area (Å²) in [6, 6.07) is 0. The van der Waals surface area contributed by atoms with E-state index in [-0.39, 0.29) is 12.5 Å². The van der Waals surface area contributed by atoms with Gasteiger partial charge in [-0.3, -0.25) is 14.2 Å². The van der Waals surface area contributed by atoms with Gasteiger partial charge in [-0.05, 0) is 13.8 Å². The van der Waals surface area contributed by atoms with Gasteiger partial charge in [-0.2, -0.15) is 10.2 Å². The van der Waals surface area contributed by atoms with Crippen molar-refractivity contribution in [3.05, 3.63) is 23.8 Å². The van der Waals surface area contributed by atoms with E-state index in [1.165, 1.54) is 0 Å². The van der Waals surface area contributed by atoms with Gasteiger partial charge in [0.15, 0.2) is 0 Å². The van der Waals surface area contributed by atoms with Crippen LogP contribution in [0.2, 0.25) is 0 Å². The smallest absolute Gasteiger partial charge is 0.246 e. The number of anilines is 2. The van der Waals surface area contributed by atoms with Crippen LogP contribution in [0.1, 0.15) is 11.4 Å². The molecule has 0 fully saturated rings. The third-order valence-electron chi connectivity index (χ3n) is 3.17. The van der Waals surface area contributed by atoms with E-state index in [4.69, 9.17) is 10.5 Å². The second kappa shape index (κ2) is 6.40. The maximum absolute atomic E-state index is 12.0. The lowest BCUT2D eigenvalue weighted by molar-refractivity contribution is -0.116. The van der Waals surface area contributed by atoms with Gasteiger partial charge in [-0.25, -0.2) is 0 Å². The molecule has 0 bridgehead atoms. The molecule has 0 saturated carbocycles. The molecule has 8 nitrogen and oxygen atoms in total. The van der Waals surface area contributed by atoms with Crippen molar-refractivity contribution in [2.75, 3.05) is 24.8 Å². The molecule has 21 heavy (non-hydrogen) atoms. The second-order valence-corrected chi connectivity index (χ2v) is 4.78. The summed E-state index contributed by atoms with van der Waals surface area (Å²) in [5, 5.41) is 11.1. The maximum Gasteiger partial charge on any atom is 0.246 e. The molecule has 3 N–H and O–H groups in total. The van der Waals surface area contributed by atoms with E-state index in [1.807, 2.05) is 13.8 Å². The zero-order valence-corrected chi connectivity index (χ0v) is 12.5. The molecule has 0 aliphatic carbocycles. The summed E-state index contributed by atoms with van der Waals surface area (Å²) < 4.78 is 8.27. The molecule has 8 heteroatoms. The van der Waals surface area contributed by atoms with Gasteiger partial charge in [0.05, 0.1) is 42.1 Å². The molecule has 0 spiro atoms. The number of nitrogen functional groups attached to an aromatic ring is 1. The van der Waals surface area contributed by atoms with Crippen molar-refractivity contribution in [1.82, 2.24) is 19.6 Å². The van der Waals surface area contributed by atoms with Crippen LogP contribution in [0.25, 0.3) is 0 Å². The molecular formula is C13H20N6O2. The van der Waals surface area contributed by atoms with Crippen molar-refractivity contribution in [1.29, 1.82) is 0 Å². The van der Waals surface area contributed by atoms with E-state index in [0.29, 0.717) is 24.5 Å². The molecule has 2 rings (SSSR count). The molecule has 0 saturated heterocycles. The van der Waals surface area contributed by atoms with Gasteiger partial charge >= 0.3 is 0 Å². The zero-order chi connectivity index (χ0) is 15.4. The molecule has 0 unspecified atom stereocenters. The summed E-state index contributed by atoms with van der Waals surface area (Å²) in [6.45, 7) is 4.98. The number of carbonyl (C=O) groups excluding carboxylic acids is 1. The predicted molar refractivity (Wildman–Crippen MR) is 78.8 cm³/mol. The third-order valence-corrected chi connectivity index (χ3v) is 3.17. The van der Waals surface area contributed by atoms with Crippen LogP contribution >= 0.6 is 0 Å². The number of aryl methyl sites for hydroxylation is 1. The fourth-order valence-corrected chi connectivity index (χ4v) is 1.94. The summed E-state index contributed by atoms with van der Waals surface area (Å²) in [4.78, 5) is 12.0. The van der Waals surface area contributed by atoms with Crippen LogP contribution < -0.4 is 11.1 Å². The Hall–Kier alpha value is -2.35. The lowest BCUT2D eigenvalue weighted by atomic mass is 10.3. The van der Waals surface area contributed by atoms with Gasteiger partial charge in [0.25, 0.3) is 0 Å². The van der Waals surface area contributed by atoms with Crippen LogP contribution in [-0.4, -0.2) is 39.2 Å². The number of ether oxygens (including phenoxy) is 1. The number of amides is 1. The van der Waals surface area contributed by atoms with E-state index in [1.54, 1.807) is 28.9 Å². The van der Waals surface area contributed by atoms with Gasteiger partial charge in [-0.15, -0.1) is 0 Å². The fourth-order valence-electron chi connectivity index (χ4n) is 1.94. The summed E-state index contributed by atoms with van der Waals surface area (Å²) in [7, 11) is 1.63. The Bertz CT molecular complexity index is 631. The summed E-state index contributed by atoms with van der Waals surface area (Å²) in [6.07, 6.45) is 3.36. The number of nitrogens with zero attached hydrogens (tertiary/aromatic N) is 4. The van der Waals surface area contributed by atoms with Crippen molar-refractivity contribution in [2.24, 2.45) is 0 Å². The molecule has 0 radical (unpaired) electrons. The Morgan fingerprint density at radius 3 is 2.86 bits per heavy atom. The SMILES string of the molecule is COCCn1cc(NC(=O)Cn2nc(C)c(N)c2C)cn1. The van der Waals surface area contributed by atoms with E-state index < -0.39 is 0 Å². The molecule has 0 aliphatic heterocycles. The maximum atomic E-state index is 12.0. The molecule has 0 atom stereocenters. The Morgan fingerprint density at radius 1 is 1.48 bits per heavy atom. The lowest BCUT2D eigenvalue weighted by Gasteiger charge is -2.05. The molecule has 0 aromatic carbocycles. The zero-order valence-electron chi connectivity index (χ0n) is 12.5. The van der Waals surface area contributed by atoms with Gasteiger partial charge in [0.1, 0.15) is 6.54 Å². The topological polar surface area (TPSA) is 100.0 Å². The van der Waals surface area contributed by atoms with Gasteiger partial charge in [-0.1, -0.05) is 0 Å². The molecule has 1 amide bonds. The molecule has 2 aromatic heterocycles. The van der Waals surface area contributed by atoms with Gasteiger partial charge in [0.2, 0.25) is 5.91 Å². The highest BCUT2D eigenvalue weighted by molar-refractivity contribution is 5.90. The fraction of sp³-hybridized carbons (Fsp3) is 0.462. The first-order valence-corrected chi connectivity index (χ1v) is 6.62. The number of carbonyl (C=O) groups is 1. The van der Waals surface area contributed by atoms with Gasteiger partial charge in [0, 0.05) is 13.3 Å². The largest absolute Gasteiger partial charge is 0.396 e. The average Bonchev–Trinajstić information content (AvgIpc) is 2.98. The van der Waals surface area contributed by atoms with Crippen LogP contribution in [0.5, 0.6) is 0 Å². The van der Waals surface area contributed by atoms with E-state index in [9.17, 15) is 4.79 Å². The normalized spacial score (nSPS) is 10.8. The van der Waals surface area contributed by atoms with Crippen molar-refractivity contribution < 1.29 is 9.53 Å². The Balaban J connectivity index is 1.95. The van der Waals surface area contributed by atoms with Crippen molar-refractivity contribution in [3.8, 4) is 0 Å². The lowest BCUT2D eigenvalue weighted by Crippen LogP contribution is -2.20. The van der Waals surface area contributed by atoms with Crippen molar-refractivity contribution >= 4 is 17.3 Å². The summed E-state index contributed by atoms with van der Waals surface area (Å²) in [5.41, 5.74) is 8.62. The van der Waals surface area contributed by atoms with Crippen molar-refractivity contribution in [3.63, 3.8) is 0 Å². The first-order valence-electron chi connectivity index (χ1n) is 6.62. The number of hydrogen-bond donors (Lipinski definition) is 2. The van der Waals surface area contributed by atoms with E-state index in [0.717, 1.165) is 11.4 Å². The van der Waals surface area contributed by atoms with Crippen LogP contribution in [0.3, 0.4) is 0 Å². The molecule has 2 heterocycles. The quantitative estimate of drug-likeness (QED) is 0.810. The minimum absolute atomic E-state index is 0.118. The van der Waals surface area contributed by atoms with Crippen LogP contribution in [0.15, 0.2) is 12.4 Å². The minimum atomic E-state index is -0.174. The number of nitrogens with two attached hydrogens (primary N) is 1. The highest BCUT2D eigenvalue weighted by Gasteiger charge is 2.12. The van der Waals surface area contributed by atoms with E-state index >= 15 is 0 Å². The Morgan fingerprint density at radius 2 is 2.24 bits per heavy atom. The standard InChI is InChI=1S/C13H20N6O2/c1-9-13(14)10(2)19(17-9)8-12(20)16-11-6-15-18(7-11)4-5-21-3/h6-7H,4-5,8,14H2,1-3H3,(H,16,20). The Labute approximate surface area is 122 Å². The molecule has 114 valence electrons. The highest BCUT2D eigenvalue weighted by Crippen LogP contribution is 2.14. The number of aromatic nitrogens is 4. The number of hydrogen-bond acceptors (Lipinski definition) is 5. The van der Waals surface area contributed by atoms with Gasteiger partial charge < -0.3 is 15.8 Å². The average molecular weight is 292 g/mol. The van der Waals surface area contributed by atoms with E-state index in [2.05, 4.69) is 15.5 Å². The van der Waals surface area contributed by atoms with Crippen molar-refractivity contribution in [2.45, 2.75) is 26.9 Å². The molecule has 0 aliphatic rings. The van der Waals surface area contributed by atoms with Crippen LogP contribution in [-0.2, 0) is 22.6 Å². The third kappa shape index (κ3) is 3.60. The predicted octanol–water partition coefficient (Wildman–Crippen LogP) is 0.564. The molecular weight excluding hydrogens is 272 g/mol. The summed E-state index contributed by atoms with van der Waals surface area (Å²) >= 11 is 0. The molecule has 2 aromatic rings.